The molecule has 0 saturated heterocycles. The van der Waals surface area contributed by atoms with Gasteiger partial charge in [-0.3, -0.25) is 0 Å². The second-order valence-electron chi connectivity index (χ2n) is 5.76. The van der Waals surface area contributed by atoms with Crippen molar-refractivity contribution in [2.24, 2.45) is 5.92 Å². The molecule has 1 rings (SSSR count). The summed E-state index contributed by atoms with van der Waals surface area (Å²) < 4.78 is 28.3. The minimum absolute atomic E-state index is 0.0443. The van der Waals surface area contributed by atoms with E-state index in [1.165, 1.54) is 0 Å². The molecule has 1 atom stereocenters. The Morgan fingerprint density at radius 3 is 2.45 bits per heavy atom. The van der Waals surface area contributed by atoms with E-state index < -0.39 is 10.0 Å². The van der Waals surface area contributed by atoms with Crippen LogP contribution in [0, 0.1) is 12.8 Å². The molecule has 0 aromatic heterocycles. The number of hydrogen-bond acceptors (Lipinski definition) is 2. The molecular weight excluding hydrogens is 338 g/mol. The Balaban J connectivity index is 2.72. The predicted octanol–water partition coefficient (Wildman–Crippen LogP) is 4.25. The van der Waals surface area contributed by atoms with E-state index in [0.29, 0.717) is 10.8 Å². The minimum atomic E-state index is -3.44. The first-order chi connectivity index (χ1) is 9.22. The maximum atomic E-state index is 12.4. The number of aryl methyl sites for hydroxylation is 1. The van der Waals surface area contributed by atoms with Gasteiger partial charge in [0.25, 0.3) is 0 Å². The highest BCUT2D eigenvalue weighted by molar-refractivity contribution is 9.10. The molecule has 1 aromatic carbocycles. The maximum absolute atomic E-state index is 12.4. The summed E-state index contributed by atoms with van der Waals surface area (Å²) in [5, 5.41) is 0. The van der Waals surface area contributed by atoms with Crippen molar-refractivity contribution in [3.8, 4) is 0 Å². The molecule has 0 aliphatic carbocycles. The maximum Gasteiger partial charge on any atom is 0.241 e. The second kappa shape index (κ2) is 7.57. The summed E-state index contributed by atoms with van der Waals surface area (Å²) in [7, 11) is -3.44. The first-order valence-electron chi connectivity index (χ1n) is 7.01. The van der Waals surface area contributed by atoms with Crippen LogP contribution in [0.1, 0.15) is 45.6 Å². The average Bonchev–Trinajstić information content (AvgIpc) is 2.31. The Hall–Kier alpha value is -0.390. The van der Waals surface area contributed by atoms with Crippen LogP contribution in [0.15, 0.2) is 27.6 Å². The third-order valence-corrected chi connectivity index (χ3v) is 5.44. The lowest BCUT2D eigenvalue weighted by Crippen LogP contribution is -2.33. The van der Waals surface area contributed by atoms with Gasteiger partial charge >= 0.3 is 0 Å². The molecule has 0 amide bonds. The SMILES string of the molecule is Cc1ccc(Br)cc1S(=O)(=O)NC(C)CCCC(C)C. The monoisotopic (exact) mass is 361 g/mol. The molecule has 3 nitrogen and oxygen atoms in total. The first-order valence-corrected chi connectivity index (χ1v) is 9.28. The summed E-state index contributed by atoms with van der Waals surface area (Å²) >= 11 is 3.32. The van der Waals surface area contributed by atoms with Crippen molar-refractivity contribution in [1.82, 2.24) is 4.72 Å². The van der Waals surface area contributed by atoms with Crippen molar-refractivity contribution in [2.45, 2.75) is 57.9 Å². The van der Waals surface area contributed by atoms with Crippen LogP contribution in [-0.2, 0) is 10.0 Å². The number of rotatable bonds is 7. The second-order valence-corrected chi connectivity index (χ2v) is 8.35. The molecule has 1 aromatic rings. The number of sulfonamides is 1. The third kappa shape index (κ3) is 5.54. The van der Waals surface area contributed by atoms with E-state index in [0.717, 1.165) is 29.3 Å². The van der Waals surface area contributed by atoms with Gasteiger partial charge in [0.1, 0.15) is 0 Å². The van der Waals surface area contributed by atoms with Crippen LogP contribution in [0.3, 0.4) is 0 Å². The summed E-state index contributed by atoms with van der Waals surface area (Å²) in [5.41, 5.74) is 0.759. The van der Waals surface area contributed by atoms with Gasteiger partial charge < -0.3 is 0 Å². The molecule has 0 heterocycles. The molecule has 0 aliphatic rings. The van der Waals surface area contributed by atoms with Gasteiger partial charge in [-0.1, -0.05) is 48.7 Å². The lowest BCUT2D eigenvalue weighted by Gasteiger charge is -2.16. The van der Waals surface area contributed by atoms with Crippen molar-refractivity contribution in [3.63, 3.8) is 0 Å². The molecule has 20 heavy (non-hydrogen) atoms. The van der Waals surface area contributed by atoms with E-state index in [2.05, 4.69) is 34.5 Å². The van der Waals surface area contributed by atoms with Crippen LogP contribution in [0.25, 0.3) is 0 Å². The molecule has 0 saturated carbocycles. The standard InChI is InChI=1S/C15H24BrNO2S/c1-11(2)6-5-7-13(4)17-20(18,19)15-10-14(16)9-8-12(15)3/h8-11,13,17H,5-7H2,1-4H3. The fourth-order valence-corrected chi connectivity index (χ4v) is 4.14. The Bertz CT molecular complexity index is 541. The van der Waals surface area contributed by atoms with E-state index in [4.69, 9.17) is 0 Å². The highest BCUT2D eigenvalue weighted by Crippen LogP contribution is 2.21. The molecule has 0 aliphatic heterocycles. The van der Waals surface area contributed by atoms with Crippen LogP contribution in [0.5, 0.6) is 0 Å². The topological polar surface area (TPSA) is 46.2 Å². The van der Waals surface area contributed by atoms with Crippen molar-refractivity contribution >= 4 is 26.0 Å². The zero-order chi connectivity index (χ0) is 15.3. The Kier molecular flexibility index (Phi) is 6.69. The molecule has 0 radical (unpaired) electrons. The van der Waals surface area contributed by atoms with Gasteiger partial charge in [-0.05, 0) is 43.9 Å². The molecule has 1 unspecified atom stereocenters. The van der Waals surface area contributed by atoms with Crippen molar-refractivity contribution in [2.75, 3.05) is 0 Å². The van der Waals surface area contributed by atoms with E-state index in [-0.39, 0.29) is 6.04 Å². The van der Waals surface area contributed by atoms with Crippen LogP contribution in [0.4, 0.5) is 0 Å². The lowest BCUT2D eigenvalue weighted by atomic mass is 10.0. The largest absolute Gasteiger partial charge is 0.241 e. The van der Waals surface area contributed by atoms with Gasteiger partial charge in [0, 0.05) is 10.5 Å². The normalized spacial score (nSPS) is 13.7. The van der Waals surface area contributed by atoms with E-state index in [1.54, 1.807) is 6.07 Å². The quantitative estimate of drug-likeness (QED) is 0.788. The average molecular weight is 362 g/mol. The Morgan fingerprint density at radius 2 is 1.85 bits per heavy atom. The number of benzene rings is 1. The molecule has 0 spiro atoms. The number of hydrogen-bond donors (Lipinski definition) is 1. The van der Waals surface area contributed by atoms with Crippen molar-refractivity contribution in [1.29, 1.82) is 0 Å². The molecule has 0 bridgehead atoms. The van der Waals surface area contributed by atoms with E-state index in [1.807, 2.05) is 26.0 Å². The highest BCUT2D eigenvalue weighted by Gasteiger charge is 2.19. The Labute approximate surface area is 131 Å². The molecule has 1 N–H and O–H groups in total. The van der Waals surface area contributed by atoms with Crippen LogP contribution in [0.2, 0.25) is 0 Å². The zero-order valence-electron chi connectivity index (χ0n) is 12.6. The van der Waals surface area contributed by atoms with Crippen LogP contribution >= 0.6 is 15.9 Å². The predicted molar refractivity (Wildman–Crippen MR) is 87.4 cm³/mol. The zero-order valence-corrected chi connectivity index (χ0v) is 15.0. The van der Waals surface area contributed by atoms with Gasteiger partial charge in [0.2, 0.25) is 10.0 Å². The molecule has 114 valence electrons. The fraction of sp³-hybridized carbons (Fsp3) is 0.600. The molecule has 5 heteroatoms. The Morgan fingerprint density at radius 1 is 1.20 bits per heavy atom. The lowest BCUT2D eigenvalue weighted by molar-refractivity contribution is 0.488. The van der Waals surface area contributed by atoms with E-state index in [9.17, 15) is 8.42 Å². The number of nitrogens with one attached hydrogen (secondary N) is 1. The highest BCUT2D eigenvalue weighted by atomic mass is 79.9. The van der Waals surface area contributed by atoms with E-state index >= 15 is 0 Å². The summed E-state index contributed by atoms with van der Waals surface area (Å²) in [5.74, 6) is 0.658. The van der Waals surface area contributed by atoms with Gasteiger partial charge in [-0.2, -0.15) is 0 Å². The van der Waals surface area contributed by atoms with Crippen LogP contribution < -0.4 is 4.72 Å². The summed E-state index contributed by atoms with van der Waals surface area (Å²) in [6.07, 6.45) is 3.03. The fourth-order valence-electron chi connectivity index (χ4n) is 2.08. The van der Waals surface area contributed by atoms with Gasteiger partial charge in [-0.25, -0.2) is 13.1 Å². The summed E-state index contributed by atoms with van der Waals surface area (Å²) in [6, 6.07) is 5.26. The van der Waals surface area contributed by atoms with Gasteiger partial charge in [-0.15, -0.1) is 0 Å². The smallest absolute Gasteiger partial charge is 0.208 e. The van der Waals surface area contributed by atoms with Crippen molar-refractivity contribution in [3.05, 3.63) is 28.2 Å². The van der Waals surface area contributed by atoms with Crippen molar-refractivity contribution < 1.29 is 8.42 Å². The molecule has 0 fully saturated rings. The first kappa shape index (κ1) is 17.7. The summed E-state index contributed by atoms with van der Waals surface area (Å²) in [6.45, 7) is 8.09. The van der Waals surface area contributed by atoms with Crippen LogP contribution in [-0.4, -0.2) is 14.5 Å². The van der Waals surface area contributed by atoms with Gasteiger partial charge in [0.05, 0.1) is 4.90 Å². The summed E-state index contributed by atoms with van der Waals surface area (Å²) in [4.78, 5) is 0.350. The number of halogens is 1. The van der Waals surface area contributed by atoms with Gasteiger partial charge in [0.15, 0.2) is 0 Å². The minimum Gasteiger partial charge on any atom is -0.208 e. The third-order valence-electron chi connectivity index (χ3n) is 3.21. The molecular formula is C15H24BrNO2S.